The van der Waals surface area contributed by atoms with Crippen molar-refractivity contribution in [3.63, 3.8) is 0 Å². The number of hydrogen-bond donors (Lipinski definition) is 2. The lowest BCUT2D eigenvalue weighted by molar-refractivity contribution is -0.129. The molecule has 3 aliphatic rings. The van der Waals surface area contributed by atoms with Crippen molar-refractivity contribution in [1.82, 2.24) is 9.80 Å². The van der Waals surface area contributed by atoms with Crippen molar-refractivity contribution in [1.29, 1.82) is 0 Å². The third-order valence-electron chi connectivity index (χ3n) is 7.41. The van der Waals surface area contributed by atoms with Crippen LogP contribution in [0.3, 0.4) is 0 Å². The van der Waals surface area contributed by atoms with E-state index in [1.54, 1.807) is 0 Å². The Hall–Kier alpha value is -1.63. The molecule has 0 aromatic heterocycles. The number of amides is 1. The molecule has 6 heteroatoms. The number of rotatable bonds is 7. The minimum absolute atomic E-state index is 0.225. The minimum Gasteiger partial charge on any atom is -0.494 e. The highest BCUT2D eigenvalue weighted by molar-refractivity contribution is 5.79. The highest BCUT2D eigenvalue weighted by atomic mass is 16.5. The molecule has 0 spiro atoms. The zero-order valence-corrected chi connectivity index (χ0v) is 17.7. The number of likely N-dealkylation sites (tertiary alicyclic amines) is 2. The Balaban J connectivity index is 1.22. The van der Waals surface area contributed by atoms with Gasteiger partial charge >= 0.3 is 0 Å². The van der Waals surface area contributed by atoms with Gasteiger partial charge in [-0.3, -0.25) is 4.79 Å². The molecule has 1 aromatic carbocycles. The monoisotopic (exact) mass is 400 g/mol. The summed E-state index contributed by atoms with van der Waals surface area (Å²) >= 11 is 0. The van der Waals surface area contributed by atoms with E-state index in [-0.39, 0.29) is 17.0 Å². The second kappa shape index (κ2) is 8.25. The van der Waals surface area contributed by atoms with Crippen LogP contribution in [0.5, 0.6) is 5.75 Å². The molecule has 2 heterocycles. The summed E-state index contributed by atoms with van der Waals surface area (Å²) in [7, 11) is 2.17. The van der Waals surface area contributed by atoms with E-state index in [0.29, 0.717) is 18.9 Å². The van der Waals surface area contributed by atoms with Gasteiger partial charge in [0.1, 0.15) is 5.75 Å². The van der Waals surface area contributed by atoms with Crippen molar-refractivity contribution < 1.29 is 9.53 Å². The van der Waals surface area contributed by atoms with Crippen molar-refractivity contribution in [3.05, 3.63) is 29.8 Å². The molecule has 29 heavy (non-hydrogen) atoms. The van der Waals surface area contributed by atoms with Crippen molar-refractivity contribution in [2.24, 2.45) is 17.4 Å². The molecule has 2 atom stereocenters. The molecule has 6 nitrogen and oxygen atoms in total. The maximum absolute atomic E-state index is 12.3. The summed E-state index contributed by atoms with van der Waals surface area (Å²) < 4.78 is 5.94. The molecule has 1 aliphatic carbocycles. The molecule has 4 rings (SSSR count). The number of carbonyl (C=O) groups is 1. The van der Waals surface area contributed by atoms with E-state index in [2.05, 4.69) is 11.9 Å². The van der Waals surface area contributed by atoms with Gasteiger partial charge in [0.25, 0.3) is 0 Å². The first-order valence-corrected chi connectivity index (χ1v) is 11.2. The van der Waals surface area contributed by atoms with Crippen LogP contribution >= 0.6 is 0 Å². The number of hydrogen-bond acceptors (Lipinski definition) is 5. The van der Waals surface area contributed by atoms with E-state index < -0.39 is 0 Å². The molecular formula is C23H36N4O2. The Kier molecular flexibility index (Phi) is 5.87. The lowest BCUT2D eigenvalue weighted by Crippen LogP contribution is -2.50. The predicted molar refractivity (Wildman–Crippen MR) is 115 cm³/mol. The van der Waals surface area contributed by atoms with Gasteiger partial charge in [0.15, 0.2) is 0 Å². The summed E-state index contributed by atoms with van der Waals surface area (Å²) in [6, 6.07) is 7.89. The number of nitrogens with two attached hydrogens (primary N) is 2. The van der Waals surface area contributed by atoms with E-state index in [1.807, 2.05) is 29.2 Å². The zero-order valence-electron chi connectivity index (χ0n) is 17.7. The van der Waals surface area contributed by atoms with Crippen LogP contribution in [0.2, 0.25) is 0 Å². The fourth-order valence-corrected chi connectivity index (χ4v) is 5.18. The SMILES string of the molecule is CN1CCC(C2(N)CC2(N)CCOc2ccc(CC(=O)N3CCCC3)cc2)CC1. The fraction of sp³-hybridized carbons (Fsp3) is 0.696. The summed E-state index contributed by atoms with van der Waals surface area (Å²) in [4.78, 5) is 16.6. The summed E-state index contributed by atoms with van der Waals surface area (Å²) in [5.74, 6) is 1.58. The molecule has 4 N–H and O–H groups in total. The largest absolute Gasteiger partial charge is 0.494 e. The summed E-state index contributed by atoms with van der Waals surface area (Å²) in [5.41, 5.74) is 13.9. The van der Waals surface area contributed by atoms with Crippen LogP contribution in [0, 0.1) is 5.92 Å². The molecule has 0 radical (unpaired) electrons. The highest BCUT2D eigenvalue weighted by Gasteiger charge is 2.65. The quantitative estimate of drug-likeness (QED) is 0.729. The normalized spacial score (nSPS) is 30.5. The molecule has 3 fully saturated rings. The van der Waals surface area contributed by atoms with Crippen LogP contribution in [0.4, 0.5) is 0 Å². The second-order valence-corrected chi connectivity index (χ2v) is 9.46. The maximum atomic E-state index is 12.3. The fourth-order valence-electron chi connectivity index (χ4n) is 5.18. The average Bonchev–Trinajstić information content (AvgIpc) is 3.07. The van der Waals surface area contributed by atoms with Crippen molar-refractivity contribution >= 4 is 5.91 Å². The van der Waals surface area contributed by atoms with Gasteiger partial charge in [0, 0.05) is 30.6 Å². The number of carbonyl (C=O) groups excluding carboxylic acids is 1. The summed E-state index contributed by atoms with van der Waals surface area (Å²) in [6.45, 7) is 4.61. The average molecular weight is 401 g/mol. The van der Waals surface area contributed by atoms with E-state index in [4.69, 9.17) is 16.2 Å². The van der Waals surface area contributed by atoms with E-state index in [1.165, 1.54) is 0 Å². The third kappa shape index (κ3) is 4.44. The maximum Gasteiger partial charge on any atom is 0.226 e. The molecular weight excluding hydrogens is 364 g/mol. The number of piperidine rings is 1. The van der Waals surface area contributed by atoms with E-state index in [9.17, 15) is 4.79 Å². The summed E-state index contributed by atoms with van der Waals surface area (Å²) in [6.07, 6.45) is 6.69. The topological polar surface area (TPSA) is 84.8 Å². The standard InChI is InChI=1S/C23H36N4O2/c1-26-13-8-19(9-14-26)23(25)17-22(23,24)10-15-29-20-6-4-18(5-7-20)16-21(28)27-11-2-3-12-27/h4-7,19H,2-3,8-17,24-25H2,1H3. The van der Waals surface area contributed by atoms with Crippen LogP contribution < -0.4 is 16.2 Å². The smallest absolute Gasteiger partial charge is 0.226 e. The van der Waals surface area contributed by atoms with E-state index >= 15 is 0 Å². The lowest BCUT2D eigenvalue weighted by atomic mass is 9.84. The molecule has 1 aromatic rings. The summed E-state index contributed by atoms with van der Waals surface area (Å²) in [5, 5.41) is 0. The molecule has 160 valence electrons. The lowest BCUT2D eigenvalue weighted by Gasteiger charge is -2.35. The Labute approximate surface area is 174 Å². The predicted octanol–water partition coefficient (Wildman–Crippen LogP) is 1.76. The number of ether oxygens (including phenoxy) is 1. The van der Waals surface area contributed by atoms with Crippen LogP contribution in [-0.4, -0.2) is 66.6 Å². The molecule has 0 bridgehead atoms. The van der Waals surface area contributed by atoms with Crippen LogP contribution in [0.25, 0.3) is 0 Å². The van der Waals surface area contributed by atoms with Crippen LogP contribution in [-0.2, 0) is 11.2 Å². The number of nitrogens with zero attached hydrogens (tertiary/aromatic N) is 2. The van der Waals surface area contributed by atoms with Gasteiger partial charge in [-0.2, -0.15) is 0 Å². The van der Waals surface area contributed by atoms with Crippen LogP contribution in [0.1, 0.15) is 44.1 Å². The Morgan fingerprint density at radius 1 is 1.10 bits per heavy atom. The van der Waals surface area contributed by atoms with Gasteiger partial charge in [-0.25, -0.2) is 0 Å². The third-order valence-corrected chi connectivity index (χ3v) is 7.41. The number of benzene rings is 1. The van der Waals surface area contributed by atoms with Crippen molar-refractivity contribution in [2.45, 2.75) is 56.0 Å². The van der Waals surface area contributed by atoms with Gasteiger partial charge in [-0.05, 0) is 75.9 Å². The molecule has 2 saturated heterocycles. The molecule has 1 amide bonds. The first-order valence-electron chi connectivity index (χ1n) is 11.2. The van der Waals surface area contributed by atoms with Gasteiger partial charge in [0.2, 0.25) is 5.91 Å². The zero-order chi connectivity index (χ0) is 20.5. The molecule has 2 unspecified atom stereocenters. The Bertz CT molecular complexity index is 710. The van der Waals surface area contributed by atoms with E-state index in [0.717, 1.165) is 76.0 Å². The molecule has 1 saturated carbocycles. The molecule has 2 aliphatic heterocycles. The van der Waals surface area contributed by atoms with Gasteiger partial charge in [0.05, 0.1) is 13.0 Å². The minimum atomic E-state index is -0.296. The Morgan fingerprint density at radius 2 is 1.76 bits per heavy atom. The van der Waals surface area contributed by atoms with Crippen molar-refractivity contribution in [3.8, 4) is 5.75 Å². The van der Waals surface area contributed by atoms with Crippen molar-refractivity contribution in [2.75, 3.05) is 39.8 Å². The van der Waals surface area contributed by atoms with Crippen LogP contribution in [0.15, 0.2) is 24.3 Å². The van der Waals surface area contributed by atoms with Gasteiger partial charge in [-0.15, -0.1) is 0 Å². The van der Waals surface area contributed by atoms with Gasteiger partial charge in [-0.1, -0.05) is 12.1 Å². The first-order chi connectivity index (χ1) is 13.9. The Morgan fingerprint density at radius 3 is 2.41 bits per heavy atom. The second-order valence-electron chi connectivity index (χ2n) is 9.46. The highest BCUT2D eigenvalue weighted by Crippen LogP contribution is 2.53. The van der Waals surface area contributed by atoms with Gasteiger partial charge < -0.3 is 26.0 Å². The first kappa shape index (κ1) is 20.6.